The van der Waals surface area contributed by atoms with Gasteiger partial charge in [0.05, 0.1) is 0 Å². The lowest BCUT2D eigenvalue weighted by atomic mass is 10.1. The number of benzene rings is 3. The monoisotopic (exact) mass is 428 g/mol. The summed E-state index contributed by atoms with van der Waals surface area (Å²) >= 11 is 0. The predicted molar refractivity (Wildman–Crippen MR) is 117 cm³/mol. The van der Waals surface area contributed by atoms with Crippen molar-refractivity contribution in [3.8, 4) is 11.3 Å². The van der Waals surface area contributed by atoms with E-state index in [0.717, 1.165) is 22.9 Å². The van der Waals surface area contributed by atoms with Crippen molar-refractivity contribution in [2.24, 2.45) is 0 Å². The van der Waals surface area contributed by atoms with Gasteiger partial charge in [0.2, 0.25) is 0 Å². The van der Waals surface area contributed by atoms with E-state index in [4.69, 9.17) is 4.98 Å². The lowest BCUT2D eigenvalue weighted by molar-refractivity contribution is -0.552. The second kappa shape index (κ2) is 8.30. The predicted octanol–water partition coefficient (Wildman–Crippen LogP) is 4.58. The molecule has 4 aromatic rings. The molecule has 1 aliphatic rings. The number of hydrogen-bond donors (Lipinski definition) is 1. The van der Waals surface area contributed by atoms with Gasteiger partial charge in [-0.3, -0.25) is 5.32 Å². The van der Waals surface area contributed by atoms with Crippen molar-refractivity contribution < 1.29 is 18.1 Å². The van der Waals surface area contributed by atoms with Crippen molar-refractivity contribution in [1.82, 2.24) is 4.98 Å². The Morgan fingerprint density at radius 3 is 2.38 bits per heavy atom. The molecule has 0 spiro atoms. The van der Waals surface area contributed by atoms with Gasteiger partial charge in [-0.1, -0.05) is 66.7 Å². The topological polar surface area (TPSA) is 45.9 Å². The number of nitrogens with one attached hydrogen (secondary N) is 1. The Bertz CT molecular complexity index is 1290. The molecule has 5 rings (SSSR count). The zero-order chi connectivity index (χ0) is 22.1. The second-order valence-electron chi connectivity index (χ2n) is 7.79. The van der Waals surface area contributed by atoms with Gasteiger partial charge in [-0.25, -0.2) is 18.6 Å². The smallest absolute Gasteiger partial charge is 0.258 e. The van der Waals surface area contributed by atoms with E-state index in [1.54, 1.807) is 10.8 Å². The third-order valence-corrected chi connectivity index (χ3v) is 5.59. The highest BCUT2D eigenvalue weighted by Crippen LogP contribution is 2.25. The van der Waals surface area contributed by atoms with Gasteiger partial charge in [-0.2, -0.15) is 4.57 Å². The third kappa shape index (κ3) is 3.87. The van der Waals surface area contributed by atoms with Crippen LogP contribution in [0, 0.1) is 11.6 Å². The Morgan fingerprint density at radius 2 is 1.66 bits per heavy atom. The van der Waals surface area contributed by atoms with Crippen molar-refractivity contribution in [2.75, 3.05) is 5.32 Å². The van der Waals surface area contributed by atoms with Crippen molar-refractivity contribution in [1.29, 1.82) is 0 Å². The average Bonchev–Trinajstić information content (AvgIpc) is 3.13. The van der Waals surface area contributed by atoms with Gasteiger partial charge in [0, 0.05) is 24.5 Å². The fraction of sp³-hybridized carbons (Fsp3) is 0.115. The largest absolute Gasteiger partial charge is 0.359 e. The molecule has 1 aromatic heterocycles. The number of rotatable bonds is 5. The molecule has 158 valence electrons. The third-order valence-electron chi connectivity index (χ3n) is 5.59. The molecular formula is C26H20F2N3O+. The highest BCUT2D eigenvalue weighted by molar-refractivity contribution is 5.82. The standard InChI is InChI=1S/C26H19F2N3O/c27-20-12-11-19(21(28)15-20)14-23-26(32)31-16-24(18-9-5-2-6-10-18)29-22(25(31)30-23)13-17-7-3-1-4-8-17/h1-12,15-16,23H,13-14H2/p+1. The lowest BCUT2D eigenvalue weighted by Crippen LogP contribution is -2.44. The number of aromatic nitrogens is 2. The number of nitrogens with zero attached hydrogens (tertiary/aromatic N) is 2. The summed E-state index contributed by atoms with van der Waals surface area (Å²) in [6.07, 6.45) is 2.36. The van der Waals surface area contributed by atoms with Gasteiger partial charge in [-0.05, 0) is 17.2 Å². The molecule has 1 aliphatic heterocycles. The molecule has 2 heterocycles. The first-order valence-electron chi connectivity index (χ1n) is 10.4. The van der Waals surface area contributed by atoms with Crippen molar-refractivity contribution in [3.63, 3.8) is 0 Å². The number of anilines is 1. The Morgan fingerprint density at radius 1 is 0.938 bits per heavy atom. The fourth-order valence-electron chi connectivity index (χ4n) is 3.98. The van der Waals surface area contributed by atoms with Crippen LogP contribution in [0.4, 0.5) is 14.6 Å². The molecule has 0 aliphatic carbocycles. The lowest BCUT2D eigenvalue weighted by Gasteiger charge is -2.07. The molecule has 1 N–H and O–H groups in total. The van der Waals surface area contributed by atoms with E-state index in [1.165, 1.54) is 12.1 Å². The normalized spacial score (nSPS) is 14.8. The Kier molecular flexibility index (Phi) is 5.19. The van der Waals surface area contributed by atoms with Gasteiger partial charge in [-0.15, -0.1) is 0 Å². The fourth-order valence-corrected chi connectivity index (χ4v) is 3.98. The molecule has 1 atom stereocenters. The summed E-state index contributed by atoms with van der Waals surface area (Å²) in [4.78, 5) is 18.1. The molecule has 0 radical (unpaired) electrons. The highest BCUT2D eigenvalue weighted by atomic mass is 19.1. The maximum atomic E-state index is 14.2. The number of carbonyl (C=O) groups is 1. The number of hydrogen-bond acceptors (Lipinski definition) is 3. The zero-order valence-corrected chi connectivity index (χ0v) is 17.1. The van der Waals surface area contributed by atoms with Crippen LogP contribution in [0.2, 0.25) is 0 Å². The van der Waals surface area contributed by atoms with E-state index in [2.05, 4.69) is 5.32 Å². The zero-order valence-electron chi connectivity index (χ0n) is 17.1. The molecule has 0 fully saturated rings. The van der Waals surface area contributed by atoms with Crippen LogP contribution < -0.4 is 9.88 Å². The Hall–Kier alpha value is -3.93. The number of carbonyl (C=O) groups excluding carboxylic acids is 1. The first-order chi connectivity index (χ1) is 15.6. The first-order valence-corrected chi connectivity index (χ1v) is 10.4. The van der Waals surface area contributed by atoms with Crippen molar-refractivity contribution >= 4 is 11.7 Å². The van der Waals surface area contributed by atoms with E-state index in [9.17, 15) is 13.6 Å². The minimum Gasteiger partial charge on any atom is -0.258 e. The Labute approximate surface area is 184 Å². The van der Waals surface area contributed by atoms with E-state index in [0.29, 0.717) is 17.9 Å². The summed E-state index contributed by atoms with van der Waals surface area (Å²) in [5.74, 6) is -0.895. The van der Waals surface area contributed by atoms with Crippen molar-refractivity contribution in [2.45, 2.75) is 18.9 Å². The van der Waals surface area contributed by atoms with E-state index in [1.807, 2.05) is 60.7 Å². The minimum absolute atomic E-state index is 0.109. The van der Waals surface area contributed by atoms with Crippen LogP contribution in [0.15, 0.2) is 85.1 Å². The first kappa shape index (κ1) is 20.0. The minimum atomic E-state index is -0.669. The SMILES string of the molecule is O=C1C(Cc2ccc(F)cc2F)Nc2c(Cc3ccccc3)nc(-c3ccccc3)c[n+]21. The summed E-state index contributed by atoms with van der Waals surface area (Å²) in [5.41, 5.74) is 3.66. The van der Waals surface area contributed by atoms with Gasteiger partial charge < -0.3 is 0 Å². The maximum Gasteiger partial charge on any atom is 0.359 e. The summed E-state index contributed by atoms with van der Waals surface area (Å²) in [7, 11) is 0. The van der Waals surface area contributed by atoms with Crippen LogP contribution in [0.25, 0.3) is 11.3 Å². The van der Waals surface area contributed by atoms with Crippen LogP contribution in [0.1, 0.15) is 21.6 Å². The molecule has 4 nitrogen and oxygen atoms in total. The van der Waals surface area contributed by atoms with Gasteiger partial charge in [0.15, 0.2) is 6.04 Å². The molecule has 0 saturated heterocycles. The van der Waals surface area contributed by atoms with E-state index < -0.39 is 17.7 Å². The van der Waals surface area contributed by atoms with Crippen LogP contribution in [-0.2, 0) is 12.8 Å². The Balaban J connectivity index is 1.54. The summed E-state index contributed by atoms with van der Waals surface area (Å²) < 4.78 is 29.1. The molecule has 0 amide bonds. The average molecular weight is 428 g/mol. The van der Waals surface area contributed by atoms with Gasteiger partial charge >= 0.3 is 11.7 Å². The van der Waals surface area contributed by atoms with Gasteiger partial charge in [0.1, 0.15) is 29.2 Å². The number of fused-ring (bicyclic) bond motifs is 1. The quantitative estimate of drug-likeness (QED) is 0.473. The van der Waals surface area contributed by atoms with Crippen LogP contribution in [-0.4, -0.2) is 16.9 Å². The van der Waals surface area contributed by atoms with Crippen LogP contribution in [0.3, 0.4) is 0 Å². The maximum absolute atomic E-state index is 14.2. The summed E-state index contributed by atoms with van der Waals surface area (Å²) in [5, 5.41) is 3.23. The second-order valence-corrected chi connectivity index (χ2v) is 7.79. The van der Waals surface area contributed by atoms with E-state index >= 15 is 0 Å². The molecular weight excluding hydrogens is 408 g/mol. The molecule has 0 bridgehead atoms. The number of halogens is 2. The van der Waals surface area contributed by atoms with Gasteiger partial charge in [0.25, 0.3) is 0 Å². The summed E-state index contributed by atoms with van der Waals surface area (Å²) in [6.45, 7) is 0. The van der Waals surface area contributed by atoms with Crippen LogP contribution in [0.5, 0.6) is 0 Å². The molecule has 0 saturated carbocycles. The molecule has 3 aromatic carbocycles. The van der Waals surface area contributed by atoms with Crippen molar-refractivity contribution in [3.05, 3.63) is 114 Å². The molecule has 32 heavy (non-hydrogen) atoms. The highest BCUT2D eigenvalue weighted by Gasteiger charge is 2.41. The van der Waals surface area contributed by atoms with E-state index in [-0.39, 0.29) is 17.9 Å². The van der Waals surface area contributed by atoms with Crippen LogP contribution >= 0.6 is 0 Å². The summed E-state index contributed by atoms with van der Waals surface area (Å²) in [6, 6.07) is 22.3. The molecule has 6 heteroatoms. The molecule has 1 unspecified atom stereocenters.